The Hall–Kier alpha value is -1.37. The normalized spacial score (nSPS) is 12.6. The molecular formula is C14H20N4OS. The first-order valence-electron chi connectivity index (χ1n) is 6.68. The van der Waals surface area contributed by atoms with Crippen LogP contribution in [0.5, 0.6) is 0 Å². The first kappa shape index (κ1) is 15.0. The van der Waals surface area contributed by atoms with Crippen molar-refractivity contribution >= 4 is 11.8 Å². The number of hydrogen-bond acceptors (Lipinski definition) is 5. The minimum absolute atomic E-state index is 0.330. The van der Waals surface area contributed by atoms with Gasteiger partial charge in [-0.3, -0.25) is 4.57 Å². The van der Waals surface area contributed by atoms with E-state index >= 15 is 0 Å². The highest BCUT2D eigenvalue weighted by Gasteiger charge is 2.15. The van der Waals surface area contributed by atoms with Gasteiger partial charge in [0.2, 0.25) is 0 Å². The SMILES string of the molecule is CC[C@@H](O)CSc1nnc(CN)n1-c1ccccc1C. The third-order valence-corrected chi connectivity index (χ3v) is 4.19. The fourth-order valence-corrected chi connectivity index (χ4v) is 2.88. The minimum atomic E-state index is -0.330. The van der Waals surface area contributed by atoms with E-state index in [1.807, 2.05) is 42.7 Å². The first-order valence-corrected chi connectivity index (χ1v) is 7.67. The lowest BCUT2D eigenvalue weighted by molar-refractivity contribution is 0.195. The number of hydrogen-bond donors (Lipinski definition) is 2. The van der Waals surface area contributed by atoms with E-state index in [1.54, 1.807) is 0 Å². The molecule has 20 heavy (non-hydrogen) atoms. The second-order valence-electron chi connectivity index (χ2n) is 4.60. The number of nitrogens with two attached hydrogens (primary N) is 1. The molecule has 0 spiro atoms. The topological polar surface area (TPSA) is 77.0 Å². The van der Waals surface area contributed by atoms with Gasteiger partial charge in [0, 0.05) is 5.75 Å². The molecular weight excluding hydrogens is 272 g/mol. The van der Waals surface area contributed by atoms with E-state index in [-0.39, 0.29) is 6.10 Å². The molecule has 0 unspecified atom stereocenters. The van der Waals surface area contributed by atoms with Crippen molar-refractivity contribution < 1.29 is 5.11 Å². The summed E-state index contributed by atoms with van der Waals surface area (Å²) in [6.45, 7) is 4.34. The van der Waals surface area contributed by atoms with Crippen LogP contribution in [0.3, 0.4) is 0 Å². The van der Waals surface area contributed by atoms with Gasteiger partial charge in [-0.15, -0.1) is 10.2 Å². The van der Waals surface area contributed by atoms with Gasteiger partial charge in [0.15, 0.2) is 11.0 Å². The monoisotopic (exact) mass is 292 g/mol. The van der Waals surface area contributed by atoms with Crippen LogP contribution in [0.2, 0.25) is 0 Å². The number of para-hydroxylation sites is 1. The molecule has 0 aliphatic rings. The average molecular weight is 292 g/mol. The third kappa shape index (κ3) is 3.20. The summed E-state index contributed by atoms with van der Waals surface area (Å²) in [6.07, 6.45) is 0.401. The van der Waals surface area contributed by atoms with Crippen LogP contribution in [0.1, 0.15) is 24.7 Å². The molecule has 5 nitrogen and oxygen atoms in total. The number of aromatic nitrogens is 3. The fourth-order valence-electron chi connectivity index (χ4n) is 1.87. The molecule has 0 amide bonds. The van der Waals surface area contributed by atoms with Gasteiger partial charge >= 0.3 is 0 Å². The lowest BCUT2D eigenvalue weighted by Crippen LogP contribution is -2.11. The fraction of sp³-hybridized carbons (Fsp3) is 0.429. The third-order valence-electron chi connectivity index (χ3n) is 3.12. The molecule has 3 N–H and O–H groups in total. The number of thioether (sulfide) groups is 1. The maximum Gasteiger partial charge on any atom is 0.195 e. The highest BCUT2D eigenvalue weighted by molar-refractivity contribution is 7.99. The number of aryl methyl sites for hydroxylation is 1. The summed E-state index contributed by atoms with van der Waals surface area (Å²) < 4.78 is 1.97. The number of benzene rings is 1. The van der Waals surface area contributed by atoms with Crippen molar-refractivity contribution in [2.24, 2.45) is 5.73 Å². The molecule has 0 bridgehead atoms. The van der Waals surface area contributed by atoms with Crippen LogP contribution in [0.25, 0.3) is 5.69 Å². The van der Waals surface area contributed by atoms with E-state index in [2.05, 4.69) is 10.2 Å². The van der Waals surface area contributed by atoms with Crippen molar-refractivity contribution in [3.8, 4) is 5.69 Å². The molecule has 0 aliphatic carbocycles. The van der Waals surface area contributed by atoms with Crippen LogP contribution in [-0.4, -0.2) is 31.7 Å². The molecule has 1 aromatic heterocycles. The molecule has 2 aromatic rings. The Bertz CT molecular complexity index is 570. The minimum Gasteiger partial charge on any atom is -0.392 e. The van der Waals surface area contributed by atoms with Crippen molar-refractivity contribution in [2.45, 2.75) is 38.1 Å². The van der Waals surface area contributed by atoms with Gasteiger partial charge in [0.05, 0.1) is 18.3 Å². The Morgan fingerprint density at radius 2 is 2.10 bits per heavy atom. The van der Waals surface area contributed by atoms with Gasteiger partial charge < -0.3 is 10.8 Å². The number of aliphatic hydroxyl groups is 1. The quantitative estimate of drug-likeness (QED) is 0.795. The molecule has 0 aliphatic heterocycles. The van der Waals surface area contributed by atoms with Crippen LogP contribution in [0.4, 0.5) is 0 Å². The molecule has 108 valence electrons. The largest absolute Gasteiger partial charge is 0.392 e. The number of aliphatic hydroxyl groups excluding tert-OH is 1. The van der Waals surface area contributed by atoms with Crippen LogP contribution < -0.4 is 5.73 Å². The van der Waals surface area contributed by atoms with Crippen LogP contribution in [0, 0.1) is 6.92 Å². The van der Waals surface area contributed by atoms with Crippen molar-refractivity contribution in [1.29, 1.82) is 0 Å². The Morgan fingerprint density at radius 1 is 1.35 bits per heavy atom. The Labute approximate surface area is 123 Å². The zero-order valence-electron chi connectivity index (χ0n) is 11.8. The zero-order valence-corrected chi connectivity index (χ0v) is 12.6. The van der Waals surface area contributed by atoms with E-state index in [9.17, 15) is 5.11 Å². The summed E-state index contributed by atoms with van der Waals surface area (Å²) in [6, 6.07) is 8.06. The zero-order chi connectivity index (χ0) is 14.5. The second kappa shape index (κ2) is 6.88. The lowest BCUT2D eigenvalue weighted by Gasteiger charge is -2.12. The standard InChI is InChI=1S/C14H20N4OS/c1-3-11(19)9-20-14-17-16-13(8-15)18(14)12-7-5-4-6-10(12)2/h4-7,11,19H,3,8-9,15H2,1-2H3/t11-/m1/s1. The summed E-state index contributed by atoms with van der Waals surface area (Å²) in [5.41, 5.74) is 7.92. The van der Waals surface area contributed by atoms with E-state index in [0.29, 0.717) is 12.3 Å². The molecule has 1 aromatic carbocycles. The van der Waals surface area contributed by atoms with Gasteiger partial charge in [-0.25, -0.2) is 0 Å². The van der Waals surface area contributed by atoms with Crippen LogP contribution in [0.15, 0.2) is 29.4 Å². The van der Waals surface area contributed by atoms with E-state index in [1.165, 1.54) is 11.8 Å². The van der Waals surface area contributed by atoms with Crippen LogP contribution >= 0.6 is 11.8 Å². The average Bonchev–Trinajstić information content (AvgIpc) is 2.88. The van der Waals surface area contributed by atoms with Gasteiger partial charge in [0.25, 0.3) is 0 Å². The summed E-state index contributed by atoms with van der Waals surface area (Å²) in [7, 11) is 0. The van der Waals surface area contributed by atoms with E-state index in [4.69, 9.17) is 5.73 Å². The molecule has 0 radical (unpaired) electrons. The highest BCUT2D eigenvalue weighted by atomic mass is 32.2. The first-order chi connectivity index (χ1) is 9.67. The predicted octanol–water partition coefficient (Wildman–Crippen LogP) is 1.90. The van der Waals surface area contributed by atoms with Crippen molar-refractivity contribution in [3.63, 3.8) is 0 Å². The van der Waals surface area contributed by atoms with Crippen molar-refractivity contribution in [3.05, 3.63) is 35.7 Å². The predicted molar refractivity (Wildman–Crippen MR) is 81.0 cm³/mol. The van der Waals surface area contributed by atoms with Gasteiger partial charge in [-0.05, 0) is 25.0 Å². The maximum absolute atomic E-state index is 9.70. The highest BCUT2D eigenvalue weighted by Crippen LogP contribution is 2.24. The van der Waals surface area contributed by atoms with Gasteiger partial charge in [-0.1, -0.05) is 36.9 Å². The Morgan fingerprint density at radius 3 is 2.75 bits per heavy atom. The van der Waals surface area contributed by atoms with Gasteiger partial charge in [-0.2, -0.15) is 0 Å². The number of rotatable bonds is 6. The lowest BCUT2D eigenvalue weighted by atomic mass is 10.2. The molecule has 0 fully saturated rings. The van der Waals surface area contributed by atoms with E-state index < -0.39 is 0 Å². The number of nitrogens with zero attached hydrogens (tertiary/aromatic N) is 3. The van der Waals surface area contributed by atoms with Crippen molar-refractivity contribution in [2.75, 3.05) is 5.75 Å². The van der Waals surface area contributed by atoms with Crippen LogP contribution in [-0.2, 0) is 6.54 Å². The maximum atomic E-state index is 9.70. The molecule has 6 heteroatoms. The Balaban J connectivity index is 2.35. The smallest absolute Gasteiger partial charge is 0.195 e. The summed E-state index contributed by atoms with van der Waals surface area (Å²) in [4.78, 5) is 0. The summed E-state index contributed by atoms with van der Waals surface area (Å²) in [5, 5.41) is 18.8. The van der Waals surface area contributed by atoms with Gasteiger partial charge in [0.1, 0.15) is 0 Å². The molecule has 0 saturated carbocycles. The molecule has 0 saturated heterocycles. The van der Waals surface area contributed by atoms with E-state index in [0.717, 1.165) is 28.7 Å². The van der Waals surface area contributed by atoms with Crippen molar-refractivity contribution in [1.82, 2.24) is 14.8 Å². The second-order valence-corrected chi connectivity index (χ2v) is 5.59. The molecule has 2 rings (SSSR count). The Kier molecular flexibility index (Phi) is 5.17. The summed E-state index contributed by atoms with van der Waals surface area (Å²) in [5.74, 6) is 1.33. The summed E-state index contributed by atoms with van der Waals surface area (Å²) >= 11 is 1.50. The molecule has 1 atom stereocenters. The molecule has 1 heterocycles.